The molecule has 0 N–H and O–H groups in total. The Bertz CT molecular complexity index is 154. The monoisotopic (exact) mass is 224 g/mol. The molecule has 0 aromatic carbocycles. The zero-order valence-corrected chi connectivity index (χ0v) is 8.85. The summed E-state index contributed by atoms with van der Waals surface area (Å²) < 4.78 is 9.14. The van der Waals surface area contributed by atoms with E-state index in [0.717, 1.165) is 19.3 Å². The Kier molecular flexibility index (Phi) is 8.02. The molecule has 0 aliphatic heterocycles. The molecule has 4 nitrogen and oxygen atoms in total. The Morgan fingerprint density at radius 2 is 1.23 bits per heavy atom. The van der Waals surface area contributed by atoms with Crippen LogP contribution in [0.5, 0.6) is 0 Å². The first-order chi connectivity index (χ1) is 6.13. The number of hydrogen-bond acceptors (Lipinski definition) is 4. The van der Waals surface area contributed by atoms with Gasteiger partial charge in [-0.15, -0.1) is 0 Å². The van der Waals surface area contributed by atoms with Crippen LogP contribution in [-0.4, -0.2) is 23.8 Å². The molecule has 0 aliphatic rings. The van der Waals surface area contributed by atoms with Crippen LogP contribution in [0.1, 0.15) is 19.3 Å². The fraction of sp³-hybridized carbons (Fsp3) is 0.714. The van der Waals surface area contributed by atoms with Gasteiger partial charge in [0.25, 0.3) is 0 Å². The van der Waals surface area contributed by atoms with Gasteiger partial charge in [-0.1, -0.05) is 25.3 Å². The summed E-state index contributed by atoms with van der Waals surface area (Å²) in [6.45, 7) is 0.717. The van der Waals surface area contributed by atoms with Gasteiger partial charge in [-0.2, -0.15) is 0 Å². The van der Waals surface area contributed by atoms with Crippen molar-refractivity contribution in [2.75, 3.05) is 13.2 Å². The second-order valence-corrected chi connectivity index (χ2v) is 3.02. The minimum Gasteiger partial charge on any atom is -0.458 e. The van der Waals surface area contributed by atoms with Crippen LogP contribution in [0.3, 0.4) is 0 Å². The molecule has 0 saturated carbocycles. The summed E-state index contributed by atoms with van der Waals surface area (Å²) in [5.74, 6) is 0. The minimum absolute atomic E-state index is 0.358. The summed E-state index contributed by atoms with van der Waals surface area (Å²) in [6, 6.07) is 0. The molecular weight excluding hydrogens is 212 g/mol. The summed E-state index contributed by atoms with van der Waals surface area (Å²) in [4.78, 5) is 20.4. The molecule has 0 aliphatic carbocycles. The van der Waals surface area contributed by atoms with E-state index in [9.17, 15) is 9.59 Å². The van der Waals surface area contributed by atoms with Crippen molar-refractivity contribution in [3.05, 3.63) is 0 Å². The zero-order chi connectivity index (χ0) is 10.1. The largest absolute Gasteiger partial charge is 0.458 e. The first-order valence-corrected chi connectivity index (χ1v) is 4.74. The van der Waals surface area contributed by atoms with Gasteiger partial charge in [0.2, 0.25) is 0 Å². The van der Waals surface area contributed by atoms with Gasteiger partial charge in [0, 0.05) is 0 Å². The van der Waals surface area contributed by atoms with Gasteiger partial charge < -0.3 is 9.47 Å². The van der Waals surface area contributed by atoms with Crippen LogP contribution in [-0.2, 0) is 9.47 Å². The fourth-order valence-corrected chi connectivity index (χ4v) is 0.882. The van der Waals surface area contributed by atoms with Crippen molar-refractivity contribution in [3.8, 4) is 0 Å². The lowest BCUT2D eigenvalue weighted by Crippen LogP contribution is -1.99. The van der Waals surface area contributed by atoms with Crippen LogP contribution in [0.4, 0.5) is 9.59 Å². The third-order valence-electron chi connectivity index (χ3n) is 1.24. The van der Waals surface area contributed by atoms with E-state index in [4.69, 9.17) is 0 Å². The first kappa shape index (κ1) is 12.6. The quantitative estimate of drug-likeness (QED) is 0.413. The lowest BCUT2D eigenvalue weighted by atomic mass is 10.2. The normalized spacial score (nSPS) is 9.38. The Balaban J connectivity index is 3.00. The highest BCUT2D eigenvalue weighted by Crippen LogP contribution is 1.99. The molecule has 0 fully saturated rings. The summed E-state index contributed by atoms with van der Waals surface area (Å²) in [5.41, 5.74) is 0. The van der Waals surface area contributed by atoms with E-state index in [-0.39, 0.29) is 0 Å². The molecule has 6 heteroatoms. The van der Waals surface area contributed by atoms with Gasteiger partial charge in [-0.3, -0.25) is 0 Å². The smallest absolute Gasteiger partial charge is 0.364 e. The van der Waals surface area contributed by atoms with Crippen LogP contribution < -0.4 is 0 Å². The van der Waals surface area contributed by atoms with Crippen molar-refractivity contribution < 1.29 is 19.1 Å². The Labute approximate surface area is 87.8 Å². The standard InChI is InChI=1S/C7H12O4S2/c8-6(12)10-4-2-1-3-5-11-7(9)13/h1-5H2,(H,8,12)(H,9,13). The Morgan fingerprint density at radius 1 is 0.846 bits per heavy atom. The summed E-state index contributed by atoms with van der Waals surface area (Å²) >= 11 is 6.86. The van der Waals surface area contributed by atoms with Gasteiger partial charge in [-0.05, 0) is 19.3 Å². The van der Waals surface area contributed by atoms with Crippen molar-refractivity contribution in [1.82, 2.24) is 0 Å². The van der Waals surface area contributed by atoms with Gasteiger partial charge in [0.05, 0.1) is 13.2 Å². The molecule has 0 aromatic rings. The molecule has 13 heavy (non-hydrogen) atoms. The number of carbonyl (C=O) groups excluding carboxylic acids is 2. The highest BCUT2D eigenvalue weighted by atomic mass is 32.1. The Morgan fingerprint density at radius 3 is 1.54 bits per heavy atom. The van der Waals surface area contributed by atoms with Crippen molar-refractivity contribution >= 4 is 35.9 Å². The minimum atomic E-state index is -0.568. The van der Waals surface area contributed by atoms with Crippen molar-refractivity contribution in [2.24, 2.45) is 0 Å². The van der Waals surface area contributed by atoms with E-state index in [1.54, 1.807) is 0 Å². The molecule has 0 saturated heterocycles. The van der Waals surface area contributed by atoms with Crippen molar-refractivity contribution in [2.45, 2.75) is 19.3 Å². The van der Waals surface area contributed by atoms with Crippen LogP contribution >= 0.6 is 25.3 Å². The molecule has 0 atom stereocenters. The topological polar surface area (TPSA) is 52.6 Å². The predicted molar refractivity (Wildman–Crippen MR) is 54.5 cm³/mol. The van der Waals surface area contributed by atoms with E-state index in [0.29, 0.717) is 13.2 Å². The number of rotatable bonds is 6. The lowest BCUT2D eigenvalue weighted by Gasteiger charge is -2.01. The van der Waals surface area contributed by atoms with E-state index in [2.05, 4.69) is 34.7 Å². The van der Waals surface area contributed by atoms with E-state index < -0.39 is 10.6 Å². The molecule has 0 bridgehead atoms. The molecule has 0 radical (unpaired) electrons. The summed E-state index contributed by atoms with van der Waals surface area (Å²) in [7, 11) is 0. The maximum Gasteiger partial charge on any atom is 0.364 e. The zero-order valence-electron chi connectivity index (χ0n) is 7.06. The first-order valence-electron chi connectivity index (χ1n) is 3.84. The second kappa shape index (κ2) is 8.25. The average molecular weight is 224 g/mol. The van der Waals surface area contributed by atoms with E-state index >= 15 is 0 Å². The third-order valence-corrected chi connectivity index (χ3v) is 1.50. The third kappa shape index (κ3) is 11.6. The van der Waals surface area contributed by atoms with Gasteiger partial charge in [0.15, 0.2) is 0 Å². The maximum atomic E-state index is 10.2. The molecule has 0 unspecified atom stereocenters. The highest BCUT2D eigenvalue weighted by molar-refractivity contribution is 7.96. The molecule has 0 amide bonds. The molecule has 0 aromatic heterocycles. The van der Waals surface area contributed by atoms with Gasteiger partial charge in [0.1, 0.15) is 0 Å². The number of ether oxygens (including phenoxy) is 2. The van der Waals surface area contributed by atoms with Crippen molar-refractivity contribution in [1.29, 1.82) is 0 Å². The highest BCUT2D eigenvalue weighted by Gasteiger charge is 1.95. The van der Waals surface area contributed by atoms with Crippen molar-refractivity contribution in [3.63, 3.8) is 0 Å². The van der Waals surface area contributed by atoms with Gasteiger partial charge >= 0.3 is 10.6 Å². The maximum absolute atomic E-state index is 10.2. The van der Waals surface area contributed by atoms with E-state index in [1.807, 2.05) is 0 Å². The number of hydrogen-bond donors (Lipinski definition) is 2. The molecule has 0 heterocycles. The molecule has 0 spiro atoms. The SMILES string of the molecule is O=C(S)OCCCCCOC(=O)S. The average Bonchev–Trinajstić information content (AvgIpc) is 2.01. The van der Waals surface area contributed by atoms with Gasteiger partial charge in [-0.25, -0.2) is 9.59 Å². The second-order valence-electron chi connectivity index (χ2n) is 2.29. The molecule has 0 rings (SSSR count). The van der Waals surface area contributed by atoms with E-state index in [1.165, 1.54) is 0 Å². The predicted octanol–water partition coefficient (Wildman–Crippen LogP) is 2.29. The number of carbonyl (C=O) groups is 2. The number of unbranched alkanes of at least 4 members (excludes halogenated alkanes) is 2. The lowest BCUT2D eigenvalue weighted by molar-refractivity contribution is 0.165. The Hall–Kier alpha value is -0.360. The molecular formula is C7H12O4S2. The van der Waals surface area contributed by atoms with Crippen LogP contribution in [0.2, 0.25) is 0 Å². The summed E-state index contributed by atoms with van der Waals surface area (Å²) in [6.07, 6.45) is 2.33. The van der Waals surface area contributed by atoms with Crippen LogP contribution in [0, 0.1) is 0 Å². The van der Waals surface area contributed by atoms with Crippen LogP contribution in [0.25, 0.3) is 0 Å². The number of thiol groups is 2. The molecule has 76 valence electrons. The van der Waals surface area contributed by atoms with Crippen LogP contribution in [0.15, 0.2) is 0 Å². The fourth-order valence-electron chi connectivity index (χ4n) is 0.700. The summed E-state index contributed by atoms with van der Waals surface area (Å²) in [5, 5.41) is -1.14.